The summed E-state index contributed by atoms with van der Waals surface area (Å²) in [4.78, 5) is 30.0. The summed E-state index contributed by atoms with van der Waals surface area (Å²) in [5, 5.41) is 6.99. The Kier molecular flexibility index (Phi) is 5.03. The van der Waals surface area contributed by atoms with Crippen LogP contribution in [0.3, 0.4) is 0 Å². The predicted molar refractivity (Wildman–Crippen MR) is 112 cm³/mol. The van der Waals surface area contributed by atoms with Crippen molar-refractivity contribution >= 4 is 40.4 Å². The Morgan fingerprint density at radius 2 is 2.17 bits per heavy atom. The lowest BCUT2D eigenvalue weighted by atomic mass is 10.1. The highest BCUT2D eigenvalue weighted by atomic mass is 16.3. The molecule has 0 aliphatic carbocycles. The van der Waals surface area contributed by atoms with Crippen molar-refractivity contribution in [3.8, 4) is 0 Å². The van der Waals surface area contributed by atoms with Crippen molar-refractivity contribution in [3.05, 3.63) is 59.5 Å². The first kappa shape index (κ1) is 18.7. The molecule has 0 fully saturated rings. The Labute approximate surface area is 168 Å². The van der Waals surface area contributed by atoms with Gasteiger partial charge >= 0.3 is 0 Å². The summed E-state index contributed by atoms with van der Waals surface area (Å²) in [5.41, 5.74) is 3.39. The van der Waals surface area contributed by atoms with Crippen LogP contribution in [0, 0.1) is 6.92 Å². The van der Waals surface area contributed by atoms with Crippen molar-refractivity contribution in [1.82, 2.24) is 9.88 Å². The second-order valence-corrected chi connectivity index (χ2v) is 7.06. The summed E-state index contributed by atoms with van der Waals surface area (Å²) in [6.07, 6.45) is 5.24. The van der Waals surface area contributed by atoms with E-state index >= 15 is 0 Å². The number of anilines is 2. The van der Waals surface area contributed by atoms with Crippen molar-refractivity contribution < 1.29 is 14.0 Å². The molecule has 148 valence electrons. The molecule has 0 unspecified atom stereocenters. The Morgan fingerprint density at radius 1 is 1.34 bits per heavy atom. The van der Waals surface area contributed by atoms with E-state index in [2.05, 4.69) is 15.6 Å². The molecule has 0 bridgehead atoms. The molecule has 7 heteroatoms. The number of hydrogen-bond acceptors (Lipinski definition) is 5. The fourth-order valence-corrected chi connectivity index (χ4v) is 3.28. The first-order valence-electron chi connectivity index (χ1n) is 9.45. The number of para-hydroxylation sites is 1. The van der Waals surface area contributed by atoms with Crippen LogP contribution in [0.2, 0.25) is 0 Å². The van der Waals surface area contributed by atoms with Crippen LogP contribution in [0.15, 0.2) is 47.0 Å². The first-order valence-corrected chi connectivity index (χ1v) is 9.45. The number of amides is 2. The van der Waals surface area contributed by atoms with Crippen LogP contribution in [0.4, 0.5) is 11.5 Å². The minimum Gasteiger partial charge on any atom is -0.459 e. The van der Waals surface area contributed by atoms with E-state index in [0.29, 0.717) is 25.3 Å². The van der Waals surface area contributed by atoms with Gasteiger partial charge in [0.05, 0.1) is 12.2 Å². The van der Waals surface area contributed by atoms with Crippen LogP contribution in [0.25, 0.3) is 17.0 Å². The van der Waals surface area contributed by atoms with Gasteiger partial charge in [0.1, 0.15) is 11.3 Å². The van der Waals surface area contributed by atoms with Gasteiger partial charge < -0.3 is 20.0 Å². The third-order valence-corrected chi connectivity index (χ3v) is 4.95. The molecule has 3 heterocycles. The lowest BCUT2D eigenvalue weighted by Gasteiger charge is -2.14. The lowest BCUT2D eigenvalue weighted by Crippen LogP contribution is -2.24. The van der Waals surface area contributed by atoms with Gasteiger partial charge in [0, 0.05) is 43.2 Å². The number of hydrogen-bond donors (Lipinski definition) is 2. The van der Waals surface area contributed by atoms with Crippen molar-refractivity contribution in [2.75, 3.05) is 24.2 Å². The summed E-state index contributed by atoms with van der Waals surface area (Å²) in [7, 11) is 1.74. The van der Waals surface area contributed by atoms with Crippen LogP contribution in [0.5, 0.6) is 0 Å². The maximum atomic E-state index is 12.5. The summed E-state index contributed by atoms with van der Waals surface area (Å²) in [6.45, 7) is 2.94. The standard InChI is InChI=1S/C22H22N4O3/c1-14-16-5-3-4-6-18(16)29-19(14)13-26(2)21(28)8-7-15-11-17-22(24-12-15)25-20(27)9-10-23-17/h3-8,11-12,23H,9-10,13H2,1-2H3,(H,24,25,27)/b8-7+. The molecule has 7 nitrogen and oxygen atoms in total. The Morgan fingerprint density at radius 3 is 3.00 bits per heavy atom. The third-order valence-electron chi connectivity index (χ3n) is 4.95. The number of aryl methyl sites for hydroxylation is 1. The normalized spacial score (nSPS) is 13.7. The fourth-order valence-electron chi connectivity index (χ4n) is 3.28. The molecule has 2 N–H and O–H groups in total. The lowest BCUT2D eigenvalue weighted by molar-refractivity contribution is -0.125. The average molecular weight is 390 g/mol. The smallest absolute Gasteiger partial charge is 0.246 e. The van der Waals surface area contributed by atoms with E-state index < -0.39 is 0 Å². The zero-order chi connectivity index (χ0) is 20.4. The van der Waals surface area contributed by atoms with Gasteiger partial charge in [-0.25, -0.2) is 4.98 Å². The first-order chi connectivity index (χ1) is 14.0. The molecule has 0 radical (unpaired) electrons. The number of likely N-dealkylation sites (N-methyl/N-ethyl adjacent to an activating group) is 1. The summed E-state index contributed by atoms with van der Waals surface area (Å²) < 4.78 is 5.89. The van der Waals surface area contributed by atoms with Crippen LogP contribution >= 0.6 is 0 Å². The summed E-state index contributed by atoms with van der Waals surface area (Å²) in [6, 6.07) is 9.71. The monoisotopic (exact) mass is 390 g/mol. The molecular weight excluding hydrogens is 368 g/mol. The number of furan rings is 1. The molecule has 0 saturated heterocycles. The van der Waals surface area contributed by atoms with Crippen molar-refractivity contribution in [2.24, 2.45) is 0 Å². The molecule has 4 rings (SSSR count). The largest absolute Gasteiger partial charge is 0.459 e. The number of rotatable bonds is 4. The van der Waals surface area contributed by atoms with Crippen LogP contribution in [-0.2, 0) is 16.1 Å². The second-order valence-electron chi connectivity index (χ2n) is 7.06. The Bertz CT molecular complexity index is 1120. The SMILES string of the molecule is Cc1c(CN(C)C(=O)/C=C/c2cnc3c(c2)NCCC(=O)N3)oc2ccccc12. The fraction of sp³-hybridized carbons (Fsp3) is 0.227. The van der Waals surface area contributed by atoms with Crippen LogP contribution < -0.4 is 10.6 Å². The van der Waals surface area contributed by atoms with Gasteiger partial charge in [-0.15, -0.1) is 0 Å². The van der Waals surface area contributed by atoms with E-state index in [9.17, 15) is 9.59 Å². The van der Waals surface area contributed by atoms with Gasteiger partial charge in [-0.05, 0) is 30.7 Å². The molecule has 1 aliphatic rings. The van der Waals surface area contributed by atoms with E-state index in [1.54, 1.807) is 24.2 Å². The quantitative estimate of drug-likeness (QED) is 0.665. The molecule has 0 atom stereocenters. The maximum absolute atomic E-state index is 12.5. The van der Waals surface area contributed by atoms with E-state index in [1.807, 2.05) is 37.3 Å². The maximum Gasteiger partial charge on any atom is 0.246 e. The highest BCUT2D eigenvalue weighted by molar-refractivity contribution is 5.95. The number of carbonyl (C=O) groups excluding carboxylic acids is 2. The van der Waals surface area contributed by atoms with Crippen molar-refractivity contribution in [2.45, 2.75) is 19.9 Å². The van der Waals surface area contributed by atoms with Gasteiger partial charge in [-0.1, -0.05) is 18.2 Å². The number of fused-ring (bicyclic) bond motifs is 2. The van der Waals surface area contributed by atoms with Gasteiger partial charge in [0.25, 0.3) is 0 Å². The number of nitrogens with zero attached hydrogens (tertiary/aromatic N) is 2. The van der Waals surface area contributed by atoms with Crippen molar-refractivity contribution in [1.29, 1.82) is 0 Å². The molecule has 0 spiro atoms. The number of aromatic nitrogens is 1. The Balaban J connectivity index is 1.45. The van der Waals surface area contributed by atoms with Gasteiger partial charge in [-0.2, -0.15) is 0 Å². The van der Waals surface area contributed by atoms with Gasteiger partial charge in [0.2, 0.25) is 11.8 Å². The zero-order valence-electron chi connectivity index (χ0n) is 16.4. The molecule has 3 aromatic rings. The summed E-state index contributed by atoms with van der Waals surface area (Å²) in [5.74, 6) is 1.08. The predicted octanol–water partition coefficient (Wildman–Crippen LogP) is 3.56. The highest BCUT2D eigenvalue weighted by Crippen LogP contribution is 2.26. The van der Waals surface area contributed by atoms with Gasteiger partial charge in [-0.3, -0.25) is 9.59 Å². The minimum atomic E-state index is -0.138. The Hall–Kier alpha value is -3.61. The van der Waals surface area contributed by atoms with Crippen LogP contribution in [-0.4, -0.2) is 35.3 Å². The molecular formula is C22H22N4O3. The molecule has 2 aromatic heterocycles. The third kappa shape index (κ3) is 3.99. The summed E-state index contributed by atoms with van der Waals surface area (Å²) >= 11 is 0. The number of benzene rings is 1. The molecule has 0 saturated carbocycles. The van der Waals surface area contributed by atoms with Crippen LogP contribution in [0.1, 0.15) is 23.3 Å². The molecule has 1 aliphatic heterocycles. The van der Waals surface area contributed by atoms with E-state index in [0.717, 1.165) is 33.5 Å². The minimum absolute atomic E-state index is 0.0651. The molecule has 2 amide bonds. The zero-order valence-corrected chi connectivity index (χ0v) is 16.4. The number of nitrogens with one attached hydrogen (secondary N) is 2. The van der Waals surface area contributed by atoms with Crippen molar-refractivity contribution in [3.63, 3.8) is 0 Å². The van der Waals surface area contributed by atoms with E-state index in [4.69, 9.17) is 4.42 Å². The van der Waals surface area contributed by atoms with Gasteiger partial charge in [0.15, 0.2) is 5.82 Å². The average Bonchev–Trinajstić information content (AvgIpc) is 2.90. The van der Waals surface area contributed by atoms with E-state index in [1.165, 1.54) is 6.08 Å². The topological polar surface area (TPSA) is 87.5 Å². The van der Waals surface area contributed by atoms with E-state index in [-0.39, 0.29) is 11.8 Å². The number of pyridine rings is 1. The number of carbonyl (C=O) groups is 2. The highest BCUT2D eigenvalue weighted by Gasteiger charge is 2.15. The molecule has 29 heavy (non-hydrogen) atoms. The second kappa shape index (κ2) is 7.79. The molecule has 1 aromatic carbocycles.